The fourth-order valence-electron chi connectivity index (χ4n) is 3.83. The molecule has 0 atom stereocenters. The molecule has 11 heteroatoms. The van der Waals surface area contributed by atoms with Crippen molar-refractivity contribution in [3.63, 3.8) is 0 Å². The molecule has 3 N–H and O–H groups in total. The maximum atomic E-state index is 13.3. The molecule has 2 heterocycles. The number of nitrogens with one attached hydrogen (secondary N) is 1. The van der Waals surface area contributed by atoms with E-state index in [9.17, 15) is 27.9 Å². The summed E-state index contributed by atoms with van der Waals surface area (Å²) in [7, 11) is -2.33. The predicted octanol–water partition coefficient (Wildman–Crippen LogP) is 2.43. The van der Waals surface area contributed by atoms with E-state index in [0.29, 0.717) is 16.7 Å². The normalized spacial score (nSPS) is 14.9. The van der Waals surface area contributed by atoms with Gasteiger partial charge in [0.25, 0.3) is 5.56 Å². The van der Waals surface area contributed by atoms with Crippen LogP contribution in [-0.2, 0) is 24.9 Å². The third-order valence-electron chi connectivity index (χ3n) is 5.60. The molecule has 0 bridgehead atoms. The van der Waals surface area contributed by atoms with Crippen molar-refractivity contribution in [2.24, 2.45) is 7.05 Å². The molecule has 0 saturated carbocycles. The number of nitrogens with zero attached hydrogens (tertiary/aromatic N) is 3. The molecule has 1 amide bonds. The van der Waals surface area contributed by atoms with E-state index in [-0.39, 0.29) is 29.3 Å². The van der Waals surface area contributed by atoms with E-state index >= 15 is 0 Å². The molecule has 0 spiro atoms. The Morgan fingerprint density at radius 1 is 1.11 bits per heavy atom. The van der Waals surface area contributed by atoms with Gasteiger partial charge in [0, 0.05) is 19.2 Å². The molecule has 0 fully saturated rings. The van der Waals surface area contributed by atoms with Crippen LogP contribution in [0.2, 0.25) is 0 Å². The van der Waals surface area contributed by atoms with E-state index in [4.69, 9.17) is 5.26 Å². The van der Waals surface area contributed by atoms with Crippen molar-refractivity contribution < 1.29 is 18.3 Å². The van der Waals surface area contributed by atoms with Gasteiger partial charge in [0.15, 0.2) is 0 Å². The van der Waals surface area contributed by atoms with Crippen LogP contribution in [0.25, 0.3) is 6.08 Å². The fourth-order valence-corrected chi connectivity index (χ4v) is 5.63. The van der Waals surface area contributed by atoms with Gasteiger partial charge < -0.3 is 5.32 Å². The molecule has 2 aromatic carbocycles. The Kier molecular flexibility index (Phi) is 6.45. The topological polar surface area (TPSA) is 137 Å². The zero-order valence-corrected chi connectivity index (χ0v) is 19.4. The highest BCUT2D eigenvalue weighted by atomic mass is 32.3. The monoisotopic (exact) mass is 496 g/mol. The van der Waals surface area contributed by atoms with Crippen molar-refractivity contribution >= 4 is 22.6 Å². The lowest BCUT2D eigenvalue weighted by molar-refractivity contribution is -0.117. The quantitative estimate of drug-likeness (QED) is 0.464. The summed E-state index contributed by atoms with van der Waals surface area (Å²) in [6, 6.07) is 13.9. The van der Waals surface area contributed by atoms with E-state index in [2.05, 4.69) is 5.32 Å². The number of aromatic nitrogens is 2. The SMILES string of the molecule is Cn1c2c(c(=O)n(Cc3ccc(C#N)cc3)c1=O)C=C(C(=O)NCc1ccc(F)cc1)CS2(O)O. The van der Waals surface area contributed by atoms with Crippen LogP contribution in [0.1, 0.15) is 22.3 Å². The summed E-state index contributed by atoms with van der Waals surface area (Å²) in [6.07, 6.45) is 1.27. The number of halogens is 1. The third-order valence-corrected chi connectivity index (χ3v) is 7.42. The molecule has 35 heavy (non-hydrogen) atoms. The number of fused-ring (bicyclic) bond motifs is 1. The highest BCUT2D eigenvalue weighted by molar-refractivity contribution is 8.24. The van der Waals surface area contributed by atoms with E-state index in [0.717, 1.165) is 9.13 Å². The number of benzene rings is 2. The summed E-state index contributed by atoms with van der Waals surface area (Å²) in [5.41, 5.74) is -0.0411. The molecule has 1 aromatic heterocycles. The lowest BCUT2D eigenvalue weighted by Crippen LogP contribution is -2.44. The number of carbonyl (C=O) groups is 1. The van der Waals surface area contributed by atoms with Gasteiger partial charge in [-0.25, -0.2) is 9.18 Å². The standard InChI is InChI=1S/C24H21FN4O5S/c1-28-23-20(22(31)29(24(28)32)13-17-4-2-15(11-26)3-5-17)10-18(14-35(23,33)34)21(30)27-12-16-6-8-19(25)9-7-16/h2-10,33-34H,12-14H2,1H3,(H,27,30). The highest BCUT2D eigenvalue weighted by Gasteiger charge is 2.34. The van der Waals surface area contributed by atoms with Gasteiger partial charge in [-0.1, -0.05) is 24.3 Å². The summed E-state index contributed by atoms with van der Waals surface area (Å²) in [4.78, 5) is 38.9. The van der Waals surface area contributed by atoms with Gasteiger partial charge in [-0.15, -0.1) is 10.6 Å². The van der Waals surface area contributed by atoms with E-state index in [1.165, 1.54) is 37.4 Å². The number of rotatable bonds is 5. The second-order valence-electron chi connectivity index (χ2n) is 8.05. The molecule has 1 aliphatic rings. The van der Waals surface area contributed by atoms with Gasteiger partial charge >= 0.3 is 5.69 Å². The smallest absolute Gasteiger partial charge is 0.332 e. The van der Waals surface area contributed by atoms with Gasteiger partial charge in [-0.3, -0.25) is 27.8 Å². The molecule has 9 nitrogen and oxygen atoms in total. The Hall–Kier alpha value is -3.98. The summed E-state index contributed by atoms with van der Waals surface area (Å²) < 4.78 is 36.6. The summed E-state index contributed by atoms with van der Waals surface area (Å²) in [5, 5.41) is 11.4. The highest BCUT2D eigenvalue weighted by Crippen LogP contribution is 2.52. The Bertz CT molecular complexity index is 1500. The zero-order valence-electron chi connectivity index (χ0n) is 18.6. The van der Waals surface area contributed by atoms with Crippen molar-refractivity contribution in [2.45, 2.75) is 18.1 Å². The van der Waals surface area contributed by atoms with Gasteiger partial charge in [0.1, 0.15) is 10.8 Å². The Morgan fingerprint density at radius 3 is 2.37 bits per heavy atom. The first-order chi connectivity index (χ1) is 16.6. The van der Waals surface area contributed by atoms with Crippen LogP contribution >= 0.6 is 10.6 Å². The molecule has 3 aromatic rings. The zero-order chi connectivity index (χ0) is 25.3. The fraction of sp³-hybridized carbons (Fsp3) is 0.167. The van der Waals surface area contributed by atoms with Crippen LogP contribution in [0.4, 0.5) is 4.39 Å². The van der Waals surface area contributed by atoms with Crippen LogP contribution in [0.3, 0.4) is 0 Å². The number of hydrogen-bond acceptors (Lipinski definition) is 6. The molecule has 0 saturated heterocycles. The van der Waals surface area contributed by atoms with Crippen LogP contribution in [0.5, 0.6) is 0 Å². The molecule has 180 valence electrons. The first kappa shape index (κ1) is 24.2. The molecule has 4 rings (SSSR count). The van der Waals surface area contributed by atoms with Crippen molar-refractivity contribution in [3.05, 3.63) is 103 Å². The molecule has 1 aliphatic heterocycles. The molecule has 0 aliphatic carbocycles. The minimum atomic E-state index is -3.66. The Morgan fingerprint density at radius 2 is 1.74 bits per heavy atom. The second-order valence-corrected chi connectivity index (χ2v) is 10.1. The van der Waals surface area contributed by atoms with Gasteiger partial charge in [-0.2, -0.15) is 5.26 Å². The number of hydrogen-bond donors (Lipinski definition) is 3. The van der Waals surface area contributed by atoms with Crippen LogP contribution in [0, 0.1) is 17.1 Å². The molecular formula is C24H21FN4O5S. The second kappa shape index (κ2) is 9.34. The number of amides is 1. The van der Waals surface area contributed by atoms with Gasteiger partial charge in [-0.05, 0) is 41.5 Å². The van der Waals surface area contributed by atoms with Gasteiger partial charge in [0.2, 0.25) is 5.91 Å². The van der Waals surface area contributed by atoms with E-state index in [1.54, 1.807) is 24.3 Å². The van der Waals surface area contributed by atoms with Crippen LogP contribution in [-0.4, -0.2) is 29.9 Å². The Labute approximate surface area is 200 Å². The lowest BCUT2D eigenvalue weighted by Gasteiger charge is -2.37. The third kappa shape index (κ3) is 4.81. The predicted molar refractivity (Wildman–Crippen MR) is 128 cm³/mol. The molecular weight excluding hydrogens is 475 g/mol. The van der Waals surface area contributed by atoms with Crippen LogP contribution in [0.15, 0.2) is 68.7 Å². The first-order valence-corrected chi connectivity index (χ1v) is 12.1. The first-order valence-electron chi connectivity index (χ1n) is 10.4. The van der Waals surface area contributed by atoms with E-state index < -0.39 is 39.3 Å². The maximum absolute atomic E-state index is 13.3. The van der Waals surface area contributed by atoms with Crippen molar-refractivity contribution in [1.29, 1.82) is 5.26 Å². The van der Waals surface area contributed by atoms with Crippen LogP contribution < -0.4 is 16.6 Å². The molecule has 0 unspecified atom stereocenters. The van der Waals surface area contributed by atoms with Crippen molar-refractivity contribution in [1.82, 2.24) is 14.5 Å². The average molecular weight is 497 g/mol. The maximum Gasteiger partial charge on any atom is 0.332 e. The largest absolute Gasteiger partial charge is 0.348 e. The minimum Gasteiger partial charge on any atom is -0.348 e. The summed E-state index contributed by atoms with van der Waals surface area (Å²) in [5.74, 6) is -1.49. The lowest BCUT2D eigenvalue weighted by atomic mass is 10.1. The Balaban J connectivity index is 1.70. The average Bonchev–Trinajstić information content (AvgIpc) is 2.84. The number of carbonyl (C=O) groups excluding carboxylic acids is 1. The minimum absolute atomic E-state index is 0.0275. The van der Waals surface area contributed by atoms with E-state index in [1.807, 2.05) is 6.07 Å². The van der Waals surface area contributed by atoms with Crippen molar-refractivity contribution in [3.8, 4) is 6.07 Å². The van der Waals surface area contributed by atoms with Gasteiger partial charge in [0.05, 0.1) is 29.5 Å². The summed E-state index contributed by atoms with van der Waals surface area (Å²) >= 11 is 0. The molecule has 0 radical (unpaired) electrons. The number of nitriles is 1. The van der Waals surface area contributed by atoms with Crippen molar-refractivity contribution in [2.75, 3.05) is 5.75 Å². The summed E-state index contributed by atoms with van der Waals surface area (Å²) in [6.45, 7) is -0.0394.